The Morgan fingerprint density at radius 3 is 2.45 bits per heavy atom. The number of benzene rings is 2. The second-order valence-electron chi connectivity index (χ2n) is 4.07. The zero-order chi connectivity index (χ0) is 14.3. The Hall–Kier alpha value is -1.78. The minimum atomic E-state index is -1.01. The van der Waals surface area contributed by atoms with E-state index in [1.54, 1.807) is 18.2 Å². The van der Waals surface area contributed by atoms with Crippen LogP contribution in [0, 0.1) is 11.6 Å². The Balaban J connectivity index is 2.31. The molecule has 0 fully saturated rings. The van der Waals surface area contributed by atoms with Gasteiger partial charge in [-0.3, -0.25) is 0 Å². The van der Waals surface area contributed by atoms with Gasteiger partial charge in [-0.15, -0.1) is 0 Å². The lowest BCUT2D eigenvalue weighted by Gasteiger charge is -2.07. The Bertz CT molecular complexity index is 822. The molecule has 0 spiro atoms. The summed E-state index contributed by atoms with van der Waals surface area (Å²) in [5.74, 6) is -1.96. The molecule has 0 N–H and O–H groups in total. The van der Waals surface area contributed by atoms with Gasteiger partial charge in [-0.05, 0) is 24.3 Å². The molecule has 0 saturated heterocycles. The van der Waals surface area contributed by atoms with Gasteiger partial charge in [-0.1, -0.05) is 35.3 Å². The summed E-state index contributed by atoms with van der Waals surface area (Å²) in [4.78, 5) is 8.18. The average Bonchev–Trinajstić information content (AvgIpc) is 2.41. The summed E-state index contributed by atoms with van der Waals surface area (Å²) in [6.07, 6.45) is 0. The SMILES string of the molecule is Fc1cccc(-c2nc(Cl)c3c(Cl)cccc3n2)c1F. The van der Waals surface area contributed by atoms with E-state index in [0.717, 1.165) is 6.07 Å². The van der Waals surface area contributed by atoms with Crippen molar-refractivity contribution in [2.75, 3.05) is 0 Å². The van der Waals surface area contributed by atoms with Crippen LogP contribution in [0.3, 0.4) is 0 Å². The van der Waals surface area contributed by atoms with Crippen molar-refractivity contribution in [3.8, 4) is 11.4 Å². The van der Waals surface area contributed by atoms with E-state index in [2.05, 4.69) is 9.97 Å². The van der Waals surface area contributed by atoms with Crippen LogP contribution in [-0.2, 0) is 0 Å². The summed E-state index contributed by atoms with van der Waals surface area (Å²) in [5.41, 5.74) is 0.421. The minimum Gasteiger partial charge on any atom is -0.228 e. The zero-order valence-electron chi connectivity index (χ0n) is 9.87. The Morgan fingerprint density at radius 2 is 1.65 bits per heavy atom. The smallest absolute Gasteiger partial charge is 0.169 e. The molecule has 0 atom stereocenters. The van der Waals surface area contributed by atoms with Crippen molar-refractivity contribution in [3.05, 3.63) is 58.2 Å². The Labute approximate surface area is 123 Å². The van der Waals surface area contributed by atoms with Gasteiger partial charge in [-0.2, -0.15) is 0 Å². The van der Waals surface area contributed by atoms with Crippen LogP contribution in [0.25, 0.3) is 22.3 Å². The maximum Gasteiger partial charge on any atom is 0.169 e. The number of rotatable bonds is 1. The van der Waals surface area contributed by atoms with Gasteiger partial charge in [0.25, 0.3) is 0 Å². The number of halogens is 4. The van der Waals surface area contributed by atoms with Crippen molar-refractivity contribution in [1.82, 2.24) is 9.97 Å². The molecule has 3 aromatic rings. The highest BCUT2D eigenvalue weighted by Crippen LogP contribution is 2.31. The van der Waals surface area contributed by atoms with Gasteiger partial charge in [0.2, 0.25) is 0 Å². The molecule has 0 radical (unpaired) electrons. The first-order valence-corrected chi connectivity index (χ1v) is 6.39. The molecule has 2 aromatic carbocycles. The van der Waals surface area contributed by atoms with Crippen LogP contribution >= 0.6 is 23.2 Å². The quantitative estimate of drug-likeness (QED) is 0.598. The third-order valence-corrected chi connectivity index (χ3v) is 3.41. The molecule has 0 unspecified atom stereocenters. The normalized spacial score (nSPS) is 11.0. The predicted molar refractivity (Wildman–Crippen MR) is 74.9 cm³/mol. The van der Waals surface area contributed by atoms with Crippen molar-refractivity contribution in [2.45, 2.75) is 0 Å². The second kappa shape index (κ2) is 4.96. The molecule has 1 aromatic heterocycles. The first kappa shape index (κ1) is 13.2. The molecule has 0 aliphatic rings. The van der Waals surface area contributed by atoms with Crippen LogP contribution in [0.4, 0.5) is 8.78 Å². The van der Waals surface area contributed by atoms with E-state index < -0.39 is 11.6 Å². The van der Waals surface area contributed by atoms with E-state index in [0.29, 0.717) is 15.9 Å². The minimum absolute atomic E-state index is 0.0155. The lowest BCUT2D eigenvalue weighted by molar-refractivity contribution is 0.510. The van der Waals surface area contributed by atoms with Gasteiger partial charge in [0.1, 0.15) is 5.15 Å². The summed E-state index contributed by atoms with van der Waals surface area (Å²) in [6, 6.07) is 8.82. The summed E-state index contributed by atoms with van der Waals surface area (Å²) >= 11 is 12.1. The maximum atomic E-state index is 13.8. The molecule has 0 aliphatic carbocycles. The number of hydrogen-bond donors (Lipinski definition) is 0. The number of fused-ring (bicyclic) bond motifs is 1. The average molecular weight is 311 g/mol. The Kier molecular flexibility index (Phi) is 3.28. The number of nitrogens with zero attached hydrogens (tertiary/aromatic N) is 2. The maximum absolute atomic E-state index is 13.8. The second-order valence-corrected chi connectivity index (χ2v) is 4.84. The fraction of sp³-hybridized carbons (Fsp3) is 0. The van der Waals surface area contributed by atoms with Crippen molar-refractivity contribution in [1.29, 1.82) is 0 Å². The predicted octanol–water partition coefficient (Wildman–Crippen LogP) is 4.88. The van der Waals surface area contributed by atoms with Crippen molar-refractivity contribution < 1.29 is 8.78 Å². The van der Waals surface area contributed by atoms with Crippen LogP contribution in [-0.4, -0.2) is 9.97 Å². The van der Waals surface area contributed by atoms with Gasteiger partial charge in [0.15, 0.2) is 17.5 Å². The largest absolute Gasteiger partial charge is 0.228 e. The van der Waals surface area contributed by atoms with Crippen LogP contribution in [0.2, 0.25) is 10.2 Å². The van der Waals surface area contributed by atoms with Crippen LogP contribution in [0.1, 0.15) is 0 Å². The lowest BCUT2D eigenvalue weighted by atomic mass is 10.1. The summed E-state index contributed by atoms with van der Waals surface area (Å²) in [7, 11) is 0. The molecule has 1 heterocycles. The van der Waals surface area contributed by atoms with E-state index >= 15 is 0 Å². The monoisotopic (exact) mass is 310 g/mol. The molecular formula is C14H6Cl2F2N2. The van der Waals surface area contributed by atoms with E-state index in [4.69, 9.17) is 23.2 Å². The molecule has 0 aliphatic heterocycles. The highest BCUT2D eigenvalue weighted by Gasteiger charge is 2.15. The highest BCUT2D eigenvalue weighted by molar-refractivity contribution is 6.41. The molecule has 0 amide bonds. The first-order valence-electron chi connectivity index (χ1n) is 5.64. The Morgan fingerprint density at radius 1 is 0.900 bits per heavy atom. The van der Waals surface area contributed by atoms with Gasteiger partial charge >= 0.3 is 0 Å². The number of hydrogen-bond acceptors (Lipinski definition) is 2. The van der Waals surface area contributed by atoms with Gasteiger partial charge in [0.05, 0.1) is 21.5 Å². The van der Waals surface area contributed by atoms with Crippen LogP contribution in [0.5, 0.6) is 0 Å². The summed E-state index contributed by atoms with van der Waals surface area (Å²) < 4.78 is 27.0. The summed E-state index contributed by atoms with van der Waals surface area (Å²) in [6.45, 7) is 0. The van der Waals surface area contributed by atoms with Gasteiger partial charge in [-0.25, -0.2) is 18.7 Å². The van der Waals surface area contributed by atoms with E-state index in [1.165, 1.54) is 12.1 Å². The molecule has 2 nitrogen and oxygen atoms in total. The van der Waals surface area contributed by atoms with Crippen molar-refractivity contribution in [2.24, 2.45) is 0 Å². The molecule has 100 valence electrons. The highest BCUT2D eigenvalue weighted by atomic mass is 35.5. The molecule has 20 heavy (non-hydrogen) atoms. The molecular weight excluding hydrogens is 305 g/mol. The van der Waals surface area contributed by atoms with E-state index in [1.807, 2.05) is 0 Å². The standard InChI is InChI=1S/C14H6Cl2F2N2/c15-8-4-2-6-10-11(8)13(16)20-14(19-10)7-3-1-5-9(17)12(7)18/h1-6H. The van der Waals surface area contributed by atoms with E-state index in [9.17, 15) is 8.78 Å². The van der Waals surface area contributed by atoms with Crippen LogP contribution in [0.15, 0.2) is 36.4 Å². The zero-order valence-corrected chi connectivity index (χ0v) is 11.4. The molecule has 6 heteroatoms. The lowest BCUT2D eigenvalue weighted by Crippen LogP contribution is -1.96. The number of aromatic nitrogens is 2. The molecule has 3 rings (SSSR count). The van der Waals surface area contributed by atoms with Crippen molar-refractivity contribution >= 4 is 34.1 Å². The van der Waals surface area contributed by atoms with Gasteiger partial charge < -0.3 is 0 Å². The van der Waals surface area contributed by atoms with E-state index in [-0.39, 0.29) is 16.5 Å². The topological polar surface area (TPSA) is 25.8 Å². The fourth-order valence-electron chi connectivity index (χ4n) is 1.90. The first-order chi connectivity index (χ1) is 9.58. The third-order valence-electron chi connectivity index (χ3n) is 2.82. The molecule has 0 saturated carbocycles. The molecule has 0 bridgehead atoms. The fourth-order valence-corrected chi connectivity index (χ4v) is 2.48. The summed E-state index contributed by atoms with van der Waals surface area (Å²) in [5, 5.41) is 0.981. The van der Waals surface area contributed by atoms with Crippen molar-refractivity contribution in [3.63, 3.8) is 0 Å². The third kappa shape index (κ3) is 2.11. The van der Waals surface area contributed by atoms with Crippen LogP contribution < -0.4 is 0 Å². The van der Waals surface area contributed by atoms with Gasteiger partial charge in [0, 0.05) is 0 Å².